The molecular weight excluding hydrogens is 358 g/mol. The predicted octanol–water partition coefficient (Wildman–Crippen LogP) is 1.95. The van der Waals surface area contributed by atoms with Crippen molar-refractivity contribution < 1.29 is 19.4 Å². The van der Waals surface area contributed by atoms with Crippen molar-refractivity contribution in [2.75, 3.05) is 17.7 Å². The maximum atomic E-state index is 12.0. The van der Waals surface area contributed by atoms with Crippen LogP contribution in [-0.4, -0.2) is 39.3 Å². The molecule has 9 heteroatoms. The first-order valence-electron chi connectivity index (χ1n) is 7.96. The van der Waals surface area contributed by atoms with Crippen LogP contribution in [0.5, 0.6) is 5.88 Å². The zero-order valence-corrected chi connectivity index (χ0v) is 15.2. The van der Waals surface area contributed by atoms with Gasteiger partial charge in [-0.25, -0.2) is 4.79 Å². The fourth-order valence-corrected chi connectivity index (χ4v) is 2.74. The lowest BCUT2D eigenvalue weighted by atomic mass is 10.2. The van der Waals surface area contributed by atoms with Crippen molar-refractivity contribution in [3.63, 3.8) is 0 Å². The molecule has 0 fully saturated rings. The molecule has 1 heterocycles. The van der Waals surface area contributed by atoms with Gasteiger partial charge in [0.05, 0.1) is 23.5 Å². The molecule has 1 aromatic carbocycles. The van der Waals surface area contributed by atoms with Crippen LogP contribution in [0.3, 0.4) is 0 Å². The lowest BCUT2D eigenvalue weighted by Gasteiger charge is -2.07. The van der Waals surface area contributed by atoms with Gasteiger partial charge in [-0.15, -0.1) is 0 Å². The van der Waals surface area contributed by atoms with E-state index in [1.54, 1.807) is 38.1 Å². The van der Waals surface area contributed by atoms with Crippen molar-refractivity contribution in [3.8, 4) is 5.88 Å². The van der Waals surface area contributed by atoms with Gasteiger partial charge in [-0.1, -0.05) is 18.7 Å². The number of thioether (sulfide) groups is 1. The lowest BCUT2D eigenvalue weighted by Crippen LogP contribution is -2.17. The number of H-pyrrole nitrogens is 1. The maximum absolute atomic E-state index is 12.0. The van der Waals surface area contributed by atoms with Crippen molar-refractivity contribution in [2.45, 2.75) is 25.4 Å². The summed E-state index contributed by atoms with van der Waals surface area (Å²) in [6, 6.07) is 6.30. The van der Waals surface area contributed by atoms with Crippen molar-refractivity contribution in [1.29, 1.82) is 0 Å². The highest BCUT2D eigenvalue weighted by Gasteiger charge is 2.11. The van der Waals surface area contributed by atoms with Gasteiger partial charge in [-0.3, -0.25) is 9.59 Å². The van der Waals surface area contributed by atoms with Crippen LogP contribution < -0.4 is 10.9 Å². The topological polar surface area (TPSA) is 121 Å². The number of aromatic amines is 1. The third kappa shape index (κ3) is 5.09. The zero-order chi connectivity index (χ0) is 19.1. The second-order valence-corrected chi connectivity index (χ2v) is 6.13. The van der Waals surface area contributed by atoms with Gasteiger partial charge >= 0.3 is 5.97 Å². The largest absolute Gasteiger partial charge is 0.493 e. The number of anilines is 1. The lowest BCUT2D eigenvalue weighted by molar-refractivity contribution is -0.113. The number of nitrogens with zero attached hydrogens (tertiary/aromatic N) is 1. The first-order chi connectivity index (χ1) is 12.4. The molecule has 3 N–H and O–H groups in total. The van der Waals surface area contributed by atoms with Crippen molar-refractivity contribution in [3.05, 3.63) is 45.7 Å². The van der Waals surface area contributed by atoms with Gasteiger partial charge in [-0.05, 0) is 37.6 Å². The number of aromatic nitrogens is 2. The third-order valence-electron chi connectivity index (χ3n) is 3.35. The number of ether oxygens (including phenoxy) is 1. The minimum absolute atomic E-state index is 0.00647. The third-order valence-corrected chi connectivity index (χ3v) is 4.22. The maximum Gasteiger partial charge on any atom is 0.338 e. The van der Waals surface area contributed by atoms with E-state index < -0.39 is 11.5 Å². The summed E-state index contributed by atoms with van der Waals surface area (Å²) in [6.45, 7) is 3.75. The van der Waals surface area contributed by atoms with E-state index in [1.165, 1.54) is 0 Å². The summed E-state index contributed by atoms with van der Waals surface area (Å²) in [5.74, 6) is -1.08. The number of hydrogen-bond acceptors (Lipinski definition) is 7. The Labute approximate surface area is 154 Å². The van der Waals surface area contributed by atoms with E-state index in [0.717, 1.165) is 11.8 Å². The number of nitrogens with one attached hydrogen (secondary N) is 2. The number of carbonyl (C=O) groups excluding carboxylic acids is 2. The first-order valence-corrected chi connectivity index (χ1v) is 8.95. The Kier molecular flexibility index (Phi) is 6.79. The van der Waals surface area contributed by atoms with Crippen LogP contribution in [-0.2, 0) is 16.0 Å². The summed E-state index contributed by atoms with van der Waals surface area (Å²) in [5, 5.41) is 12.5. The molecule has 8 nitrogen and oxygen atoms in total. The van der Waals surface area contributed by atoms with Crippen molar-refractivity contribution in [1.82, 2.24) is 9.97 Å². The number of amides is 1. The number of carbonyl (C=O) groups is 2. The quantitative estimate of drug-likeness (QED) is 0.383. The summed E-state index contributed by atoms with van der Waals surface area (Å²) >= 11 is 0.997. The highest BCUT2D eigenvalue weighted by atomic mass is 32.2. The van der Waals surface area contributed by atoms with Crippen molar-refractivity contribution in [2.24, 2.45) is 0 Å². The Bertz CT molecular complexity index is 848. The van der Waals surface area contributed by atoms with Gasteiger partial charge in [0.25, 0.3) is 5.56 Å². The van der Waals surface area contributed by atoms with E-state index in [2.05, 4.69) is 15.3 Å². The monoisotopic (exact) mass is 377 g/mol. The highest BCUT2D eigenvalue weighted by Crippen LogP contribution is 2.17. The second kappa shape index (κ2) is 9.04. The van der Waals surface area contributed by atoms with Gasteiger partial charge in [0.15, 0.2) is 5.16 Å². The van der Waals surface area contributed by atoms with Gasteiger partial charge in [-0.2, -0.15) is 4.98 Å². The molecule has 0 saturated heterocycles. The van der Waals surface area contributed by atoms with E-state index >= 15 is 0 Å². The molecule has 0 unspecified atom stereocenters. The first kappa shape index (κ1) is 19.5. The molecule has 2 rings (SSSR count). The van der Waals surface area contributed by atoms with Gasteiger partial charge in [0.1, 0.15) is 0 Å². The molecule has 2 aromatic rings. The molecule has 0 spiro atoms. The Morgan fingerprint density at radius 3 is 2.54 bits per heavy atom. The minimum Gasteiger partial charge on any atom is -0.493 e. The number of hydrogen-bond donors (Lipinski definition) is 3. The molecule has 0 bridgehead atoms. The SMILES string of the molecule is CCOC(=O)c1ccc(NC(=O)CSc2nc(O)c(CC)c(=O)[nH]2)cc1. The fourth-order valence-electron chi connectivity index (χ4n) is 2.09. The summed E-state index contributed by atoms with van der Waals surface area (Å²) in [4.78, 5) is 41.7. The van der Waals surface area contributed by atoms with Crippen molar-refractivity contribution >= 4 is 29.3 Å². The fraction of sp³-hybridized carbons (Fsp3) is 0.294. The number of aromatic hydroxyl groups is 1. The molecule has 1 aromatic heterocycles. The van der Waals surface area contributed by atoms with E-state index in [-0.39, 0.29) is 28.3 Å². The van der Waals surface area contributed by atoms with E-state index in [4.69, 9.17) is 4.74 Å². The van der Waals surface area contributed by atoms with Crippen LogP contribution >= 0.6 is 11.8 Å². The van der Waals surface area contributed by atoms with Crippen LogP contribution in [0.15, 0.2) is 34.2 Å². The minimum atomic E-state index is -0.425. The highest BCUT2D eigenvalue weighted by molar-refractivity contribution is 7.99. The van der Waals surface area contributed by atoms with Crippen LogP contribution in [0.1, 0.15) is 29.8 Å². The molecular formula is C17H19N3O5S. The van der Waals surface area contributed by atoms with Gasteiger partial charge < -0.3 is 20.1 Å². The Balaban J connectivity index is 1.93. The normalized spacial score (nSPS) is 10.4. The van der Waals surface area contributed by atoms with Crippen LogP contribution in [0.2, 0.25) is 0 Å². The molecule has 138 valence electrons. The van der Waals surface area contributed by atoms with E-state index in [0.29, 0.717) is 24.3 Å². The standard InChI is InChI=1S/C17H19N3O5S/c1-3-12-14(22)19-17(20-15(12)23)26-9-13(21)18-11-7-5-10(6-8-11)16(24)25-4-2/h5-8H,3-4,9H2,1-2H3,(H,18,21)(H2,19,20,22,23). The van der Waals surface area contributed by atoms with Crippen LogP contribution in [0.25, 0.3) is 0 Å². The Morgan fingerprint density at radius 2 is 1.96 bits per heavy atom. The second-order valence-electron chi connectivity index (χ2n) is 5.16. The average molecular weight is 377 g/mol. The molecule has 0 aliphatic heterocycles. The summed E-state index contributed by atoms with van der Waals surface area (Å²) < 4.78 is 4.89. The van der Waals surface area contributed by atoms with E-state index in [9.17, 15) is 19.5 Å². The number of esters is 1. The van der Waals surface area contributed by atoms with Gasteiger partial charge in [0, 0.05) is 5.69 Å². The summed E-state index contributed by atoms with van der Waals surface area (Å²) in [6.07, 6.45) is 0.362. The van der Waals surface area contributed by atoms with E-state index in [1.807, 2.05) is 0 Å². The van der Waals surface area contributed by atoms with Crippen LogP contribution in [0, 0.1) is 0 Å². The predicted molar refractivity (Wildman–Crippen MR) is 97.7 cm³/mol. The molecule has 26 heavy (non-hydrogen) atoms. The zero-order valence-electron chi connectivity index (χ0n) is 14.4. The molecule has 0 atom stereocenters. The number of benzene rings is 1. The molecule has 0 aliphatic rings. The Hall–Kier alpha value is -2.81. The van der Waals surface area contributed by atoms with Crippen LogP contribution in [0.4, 0.5) is 5.69 Å². The number of rotatable bonds is 7. The smallest absolute Gasteiger partial charge is 0.338 e. The Morgan fingerprint density at radius 1 is 1.27 bits per heavy atom. The molecule has 0 aliphatic carbocycles. The summed E-state index contributed by atoms with van der Waals surface area (Å²) in [5.41, 5.74) is 0.708. The van der Waals surface area contributed by atoms with Gasteiger partial charge in [0.2, 0.25) is 11.8 Å². The average Bonchev–Trinajstić information content (AvgIpc) is 2.60. The molecule has 1 amide bonds. The summed E-state index contributed by atoms with van der Waals surface area (Å²) in [7, 11) is 0. The molecule has 0 saturated carbocycles. The molecule has 0 radical (unpaired) electrons.